The molecule has 1 saturated heterocycles. The van der Waals surface area contributed by atoms with Crippen molar-refractivity contribution in [3.63, 3.8) is 0 Å². The van der Waals surface area contributed by atoms with E-state index in [0.717, 1.165) is 28.2 Å². The summed E-state index contributed by atoms with van der Waals surface area (Å²) in [6, 6.07) is -2.57. The Kier molecular flexibility index (Phi) is 5.67. The van der Waals surface area contributed by atoms with Crippen LogP contribution in [0.1, 0.15) is 11.9 Å². The first-order valence-corrected chi connectivity index (χ1v) is 11.5. The number of carboxylic acid groups (broad SMARTS) is 1. The minimum absolute atomic E-state index is 0.0666. The number of fused-ring (bicyclic) bond motifs is 1. The predicted molar refractivity (Wildman–Crippen MR) is 108 cm³/mol. The van der Waals surface area contributed by atoms with E-state index in [-0.39, 0.29) is 16.7 Å². The van der Waals surface area contributed by atoms with Crippen molar-refractivity contribution in [1.82, 2.24) is 29.8 Å². The lowest BCUT2D eigenvalue weighted by molar-refractivity contribution is -0.150. The van der Waals surface area contributed by atoms with Crippen molar-refractivity contribution >= 4 is 69.3 Å². The summed E-state index contributed by atoms with van der Waals surface area (Å²) in [4.78, 5) is 53.4. The molecule has 17 heteroatoms. The monoisotopic (exact) mass is 486 g/mol. The molecule has 2 aliphatic rings. The zero-order valence-corrected chi connectivity index (χ0v) is 17.8. The molecule has 2 aromatic rings. The molecule has 4 heterocycles. The second-order valence-electron chi connectivity index (χ2n) is 5.78. The number of carbonyl (C=O) groups is 3. The molecule has 0 aromatic carbocycles. The number of nitrogens with two attached hydrogens (primary N) is 1. The standard InChI is InChI=1S/C13H10N8O5S4/c14-12-17-7(20-30-12)4(19-26)8(22)16-5-9(23)21-6(11(24)25)3(1-27-10(5)21)29-13-18-15-2-28-13/h2,4-5,10H,1H2,(H,16,22)(H,24,25)(H2,14,17,20)/t4?,5-,10?/m1/s1. The van der Waals surface area contributed by atoms with E-state index in [1.54, 1.807) is 0 Å². The lowest BCUT2D eigenvalue weighted by atomic mass is 10.0. The number of nitrogens with zero attached hydrogens (tertiary/aromatic N) is 6. The Morgan fingerprint density at radius 3 is 2.87 bits per heavy atom. The molecule has 156 valence electrons. The summed E-state index contributed by atoms with van der Waals surface area (Å²) < 4.78 is 4.34. The number of hydrogen-bond acceptors (Lipinski definition) is 14. The topological polar surface area (TPSA) is 194 Å². The van der Waals surface area contributed by atoms with Crippen LogP contribution in [0.25, 0.3) is 0 Å². The van der Waals surface area contributed by atoms with Gasteiger partial charge in [-0.25, -0.2) is 9.78 Å². The molecule has 0 bridgehead atoms. The van der Waals surface area contributed by atoms with E-state index in [0.29, 0.717) is 15.0 Å². The number of aromatic nitrogens is 4. The first kappa shape index (κ1) is 20.6. The SMILES string of the molecule is Nc1nc(C(N=O)C(=O)N[C@@H]2C(=O)N3C(C(=O)O)=C(Sc4nncs4)CSC23)ns1. The van der Waals surface area contributed by atoms with Gasteiger partial charge in [-0.05, 0) is 5.18 Å². The molecular formula is C13H10N8O5S4. The Hall–Kier alpha value is -2.63. The largest absolute Gasteiger partial charge is 0.477 e. The van der Waals surface area contributed by atoms with E-state index in [2.05, 4.69) is 30.0 Å². The van der Waals surface area contributed by atoms with Crippen molar-refractivity contribution in [3.8, 4) is 0 Å². The van der Waals surface area contributed by atoms with Crippen LogP contribution in [0, 0.1) is 4.91 Å². The Morgan fingerprint density at radius 1 is 1.47 bits per heavy atom. The van der Waals surface area contributed by atoms with Crippen LogP contribution < -0.4 is 11.1 Å². The van der Waals surface area contributed by atoms with Crippen molar-refractivity contribution in [2.45, 2.75) is 21.8 Å². The lowest BCUT2D eigenvalue weighted by Crippen LogP contribution is -2.70. The summed E-state index contributed by atoms with van der Waals surface area (Å²) in [5, 5.41) is 21.8. The fraction of sp³-hybridized carbons (Fsp3) is 0.308. The van der Waals surface area contributed by atoms with Crippen LogP contribution in [0.3, 0.4) is 0 Å². The normalized spacial score (nSPS) is 21.6. The summed E-state index contributed by atoms with van der Waals surface area (Å²) in [5.74, 6) is -2.60. The van der Waals surface area contributed by atoms with E-state index >= 15 is 0 Å². The number of nitroso groups, excluding NO2 is 1. The number of carboxylic acids is 1. The molecule has 2 unspecified atom stereocenters. The number of anilines is 1. The van der Waals surface area contributed by atoms with Gasteiger partial charge in [-0.2, -0.15) is 4.37 Å². The lowest BCUT2D eigenvalue weighted by Gasteiger charge is -2.49. The maximum Gasteiger partial charge on any atom is 0.353 e. The molecule has 13 nitrogen and oxygen atoms in total. The fourth-order valence-corrected chi connectivity index (χ4v) is 6.36. The number of nitrogens with one attached hydrogen (secondary N) is 1. The number of β-lactam (4-membered cyclic amide) rings is 1. The minimum Gasteiger partial charge on any atom is -0.477 e. The molecule has 0 saturated carbocycles. The second kappa shape index (κ2) is 8.25. The molecule has 1 fully saturated rings. The summed E-state index contributed by atoms with van der Waals surface area (Å²) in [7, 11) is 0. The average molecular weight is 487 g/mol. The zero-order valence-electron chi connectivity index (χ0n) is 14.5. The van der Waals surface area contributed by atoms with Gasteiger partial charge >= 0.3 is 5.97 Å². The Morgan fingerprint density at radius 2 is 2.27 bits per heavy atom. The molecule has 2 aromatic heterocycles. The third-order valence-electron chi connectivity index (χ3n) is 4.04. The molecule has 30 heavy (non-hydrogen) atoms. The van der Waals surface area contributed by atoms with E-state index in [1.807, 2.05) is 0 Å². The molecule has 4 rings (SSSR count). The Balaban J connectivity index is 1.51. The number of nitrogen functional groups attached to an aromatic ring is 1. The van der Waals surface area contributed by atoms with Crippen molar-refractivity contribution < 1.29 is 19.5 Å². The first-order chi connectivity index (χ1) is 14.4. The highest BCUT2D eigenvalue weighted by Gasteiger charge is 2.55. The maximum absolute atomic E-state index is 12.7. The summed E-state index contributed by atoms with van der Waals surface area (Å²) in [5.41, 5.74) is 6.82. The van der Waals surface area contributed by atoms with Gasteiger partial charge in [0.2, 0.25) is 6.04 Å². The van der Waals surface area contributed by atoms with Crippen LogP contribution in [-0.4, -0.2) is 64.5 Å². The summed E-state index contributed by atoms with van der Waals surface area (Å²) in [6.45, 7) is 0. The van der Waals surface area contributed by atoms with E-state index in [9.17, 15) is 24.4 Å². The number of rotatable bonds is 7. The van der Waals surface area contributed by atoms with Crippen LogP contribution >= 0.6 is 46.4 Å². The van der Waals surface area contributed by atoms with Crippen LogP contribution in [0.5, 0.6) is 0 Å². The van der Waals surface area contributed by atoms with Crippen molar-refractivity contribution in [2.75, 3.05) is 11.5 Å². The van der Waals surface area contributed by atoms with Gasteiger partial charge in [0.25, 0.3) is 11.8 Å². The minimum atomic E-state index is -1.56. The van der Waals surface area contributed by atoms with Gasteiger partial charge in [-0.1, -0.05) is 23.1 Å². The molecule has 4 N–H and O–H groups in total. The molecule has 2 aliphatic heterocycles. The highest BCUT2D eigenvalue weighted by molar-refractivity contribution is 8.07. The van der Waals surface area contributed by atoms with Crippen LogP contribution in [0.15, 0.2) is 25.6 Å². The molecular weight excluding hydrogens is 476 g/mol. The van der Waals surface area contributed by atoms with Crippen LogP contribution in [0.2, 0.25) is 0 Å². The zero-order chi connectivity index (χ0) is 21.4. The predicted octanol–water partition coefficient (Wildman–Crippen LogP) is 0.268. The fourth-order valence-electron chi connectivity index (χ4n) is 2.78. The molecule has 2 amide bonds. The summed E-state index contributed by atoms with van der Waals surface area (Å²) in [6.07, 6.45) is 0. The number of carbonyl (C=O) groups excluding carboxylic acids is 2. The molecule has 0 radical (unpaired) electrons. The van der Waals surface area contributed by atoms with E-state index in [1.165, 1.54) is 28.6 Å². The van der Waals surface area contributed by atoms with Gasteiger partial charge in [-0.3, -0.25) is 14.5 Å². The average Bonchev–Trinajstić information content (AvgIpc) is 3.38. The highest BCUT2D eigenvalue weighted by Crippen LogP contribution is 2.45. The Labute approximate surface area is 183 Å². The first-order valence-electron chi connectivity index (χ1n) is 7.97. The Bertz CT molecular complexity index is 1060. The molecule has 3 atom stereocenters. The second-order valence-corrected chi connectivity index (χ2v) is 9.84. The molecule has 0 aliphatic carbocycles. The van der Waals surface area contributed by atoms with Crippen molar-refractivity contribution in [2.24, 2.45) is 5.18 Å². The van der Waals surface area contributed by atoms with E-state index in [4.69, 9.17) is 5.73 Å². The smallest absolute Gasteiger partial charge is 0.353 e. The third kappa shape index (κ3) is 3.64. The quantitative estimate of drug-likeness (QED) is 0.357. The molecule has 0 spiro atoms. The van der Waals surface area contributed by atoms with Gasteiger partial charge in [-0.15, -0.1) is 26.9 Å². The number of hydrogen-bond donors (Lipinski definition) is 3. The van der Waals surface area contributed by atoms with Crippen LogP contribution in [-0.2, 0) is 14.4 Å². The van der Waals surface area contributed by atoms with Crippen LogP contribution in [0.4, 0.5) is 5.13 Å². The maximum atomic E-state index is 12.7. The summed E-state index contributed by atoms with van der Waals surface area (Å²) >= 11 is 4.47. The van der Waals surface area contributed by atoms with Gasteiger partial charge in [0.1, 0.15) is 22.6 Å². The van der Waals surface area contributed by atoms with Crippen molar-refractivity contribution in [1.29, 1.82) is 0 Å². The van der Waals surface area contributed by atoms with Gasteiger partial charge in [0.15, 0.2) is 15.3 Å². The third-order valence-corrected chi connectivity index (χ3v) is 7.92. The number of aliphatic carboxylic acids is 1. The van der Waals surface area contributed by atoms with Gasteiger partial charge in [0, 0.05) is 22.2 Å². The van der Waals surface area contributed by atoms with Gasteiger partial charge in [0.05, 0.1) is 0 Å². The number of amides is 2. The van der Waals surface area contributed by atoms with Gasteiger partial charge < -0.3 is 16.2 Å². The van der Waals surface area contributed by atoms with E-state index < -0.39 is 35.2 Å². The van der Waals surface area contributed by atoms with Crippen molar-refractivity contribution in [3.05, 3.63) is 26.8 Å². The highest BCUT2D eigenvalue weighted by atomic mass is 32.2. The number of thioether (sulfide) groups is 2.